The molecule has 4 rings (SSSR count). The van der Waals surface area contributed by atoms with Crippen LogP contribution in [0.4, 0.5) is 0 Å². The van der Waals surface area contributed by atoms with Gasteiger partial charge in [0.25, 0.3) is 0 Å². The molecule has 0 radical (unpaired) electrons. The van der Waals surface area contributed by atoms with Crippen molar-refractivity contribution in [2.45, 2.75) is 30.2 Å². The summed E-state index contributed by atoms with van der Waals surface area (Å²) in [6.45, 7) is 1.91. The Morgan fingerprint density at radius 3 is 2.72 bits per heavy atom. The number of pyridine rings is 2. The van der Waals surface area contributed by atoms with Crippen LogP contribution in [-0.4, -0.2) is 60.3 Å². The van der Waals surface area contributed by atoms with Crippen molar-refractivity contribution in [3.63, 3.8) is 0 Å². The van der Waals surface area contributed by atoms with Crippen LogP contribution in [0.1, 0.15) is 18.5 Å². The van der Waals surface area contributed by atoms with E-state index in [1.54, 1.807) is 22.6 Å². The smallest absolute Gasteiger partial charge is 0.245 e. The van der Waals surface area contributed by atoms with E-state index in [1.165, 1.54) is 0 Å². The van der Waals surface area contributed by atoms with Crippen LogP contribution >= 0.6 is 0 Å². The lowest BCUT2D eigenvalue weighted by atomic mass is 10.1. The largest absolute Gasteiger partial charge is 0.302 e. The first-order valence-electron chi connectivity index (χ1n) is 10.00. The lowest BCUT2D eigenvalue weighted by Crippen LogP contribution is -2.49. The summed E-state index contributed by atoms with van der Waals surface area (Å²) in [7, 11) is -1.52. The van der Waals surface area contributed by atoms with Gasteiger partial charge in [0, 0.05) is 55.6 Å². The van der Waals surface area contributed by atoms with E-state index >= 15 is 0 Å². The fraction of sp³-hybridized carbons (Fsp3) is 0.364. The zero-order chi connectivity index (χ0) is 20.3. The number of para-hydroxylation sites is 1. The average molecular weight is 411 g/mol. The van der Waals surface area contributed by atoms with Gasteiger partial charge in [0.05, 0.1) is 5.52 Å². The van der Waals surface area contributed by atoms with Gasteiger partial charge >= 0.3 is 0 Å². The van der Waals surface area contributed by atoms with Gasteiger partial charge < -0.3 is 4.90 Å². The van der Waals surface area contributed by atoms with Gasteiger partial charge in [-0.2, -0.15) is 4.31 Å². The summed E-state index contributed by atoms with van der Waals surface area (Å²) in [5, 5.41) is 0.842. The molecule has 152 valence electrons. The summed E-state index contributed by atoms with van der Waals surface area (Å²) in [6, 6.07) is 15.2. The van der Waals surface area contributed by atoms with E-state index in [0.717, 1.165) is 36.9 Å². The van der Waals surface area contributed by atoms with Crippen molar-refractivity contribution in [2.75, 3.05) is 26.7 Å². The fourth-order valence-electron chi connectivity index (χ4n) is 3.94. The second kappa shape index (κ2) is 8.57. The van der Waals surface area contributed by atoms with Crippen molar-refractivity contribution in [1.29, 1.82) is 0 Å². The predicted octanol–water partition coefficient (Wildman–Crippen LogP) is 2.96. The third kappa shape index (κ3) is 4.32. The minimum absolute atomic E-state index is 0.199. The van der Waals surface area contributed by atoms with Gasteiger partial charge in [-0.25, -0.2) is 8.42 Å². The first kappa shape index (κ1) is 19.9. The number of nitrogens with zero attached hydrogens (tertiary/aromatic N) is 4. The van der Waals surface area contributed by atoms with Gasteiger partial charge in [0.1, 0.15) is 4.90 Å². The maximum Gasteiger partial charge on any atom is 0.245 e. The lowest BCUT2D eigenvalue weighted by Gasteiger charge is -2.37. The van der Waals surface area contributed by atoms with Gasteiger partial charge in [0.15, 0.2) is 0 Å². The molecule has 0 aliphatic carbocycles. The number of fused-ring (bicyclic) bond motifs is 1. The van der Waals surface area contributed by atoms with Crippen LogP contribution in [0.15, 0.2) is 65.8 Å². The maximum atomic E-state index is 13.4. The summed E-state index contributed by atoms with van der Waals surface area (Å²) < 4.78 is 28.4. The number of hydrogen-bond acceptors (Lipinski definition) is 5. The van der Waals surface area contributed by atoms with Gasteiger partial charge in [-0.05, 0) is 44.2 Å². The molecule has 6 nitrogen and oxygen atoms in total. The molecule has 0 spiro atoms. The highest BCUT2D eigenvalue weighted by molar-refractivity contribution is 7.89. The van der Waals surface area contributed by atoms with E-state index in [4.69, 9.17) is 0 Å². The normalized spacial score (nSPS) is 18.3. The molecule has 1 saturated heterocycles. The molecule has 0 N–H and O–H groups in total. The van der Waals surface area contributed by atoms with Crippen molar-refractivity contribution < 1.29 is 8.42 Å². The minimum Gasteiger partial charge on any atom is -0.302 e. The van der Waals surface area contributed by atoms with Crippen LogP contribution in [0, 0.1) is 0 Å². The van der Waals surface area contributed by atoms with Crippen molar-refractivity contribution in [3.05, 3.63) is 66.6 Å². The van der Waals surface area contributed by atoms with Crippen molar-refractivity contribution in [3.8, 4) is 0 Å². The monoisotopic (exact) mass is 410 g/mol. The van der Waals surface area contributed by atoms with Crippen molar-refractivity contribution in [1.82, 2.24) is 19.2 Å². The molecule has 1 aromatic carbocycles. The number of benzene rings is 1. The second-order valence-electron chi connectivity index (χ2n) is 7.54. The second-order valence-corrected chi connectivity index (χ2v) is 9.45. The Hall–Kier alpha value is -2.35. The number of aromatic nitrogens is 2. The summed E-state index contributed by atoms with van der Waals surface area (Å²) in [5.74, 6) is 0. The quantitative estimate of drug-likeness (QED) is 0.625. The van der Waals surface area contributed by atoms with Crippen LogP contribution in [0.25, 0.3) is 10.9 Å². The van der Waals surface area contributed by atoms with E-state index in [0.29, 0.717) is 23.5 Å². The van der Waals surface area contributed by atoms with Crippen LogP contribution in [0.5, 0.6) is 0 Å². The Kier molecular flexibility index (Phi) is 5.89. The first-order valence-corrected chi connectivity index (χ1v) is 11.4. The molecule has 7 heteroatoms. The molecule has 1 atom stereocenters. The Morgan fingerprint density at radius 1 is 1.07 bits per heavy atom. The van der Waals surface area contributed by atoms with Gasteiger partial charge in [0.2, 0.25) is 10.0 Å². The lowest BCUT2D eigenvalue weighted by molar-refractivity contribution is 0.164. The van der Waals surface area contributed by atoms with E-state index in [-0.39, 0.29) is 6.04 Å². The number of sulfonamides is 1. The first-order chi connectivity index (χ1) is 14.1. The molecule has 3 heterocycles. The van der Waals surface area contributed by atoms with Gasteiger partial charge in [-0.15, -0.1) is 0 Å². The predicted molar refractivity (Wildman–Crippen MR) is 114 cm³/mol. The number of hydrogen-bond donors (Lipinski definition) is 0. The Labute approximate surface area is 172 Å². The van der Waals surface area contributed by atoms with Crippen LogP contribution in [-0.2, 0) is 16.4 Å². The Morgan fingerprint density at radius 2 is 1.90 bits per heavy atom. The molecule has 1 fully saturated rings. The summed E-state index contributed by atoms with van der Waals surface area (Å²) in [6.07, 6.45) is 6.16. The average Bonchev–Trinajstić information content (AvgIpc) is 2.78. The molecule has 29 heavy (non-hydrogen) atoms. The van der Waals surface area contributed by atoms with Crippen LogP contribution in [0.2, 0.25) is 0 Å². The molecule has 0 bridgehead atoms. The summed E-state index contributed by atoms with van der Waals surface area (Å²) in [5.41, 5.74) is 1.60. The number of likely N-dealkylation sites (N-methyl/N-ethyl adjacent to an activating group) is 1. The molecular weight excluding hydrogens is 384 g/mol. The molecule has 2 aromatic heterocycles. The zero-order valence-corrected chi connectivity index (χ0v) is 17.4. The van der Waals surface area contributed by atoms with Gasteiger partial charge in [-0.1, -0.05) is 24.3 Å². The molecule has 3 aromatic rings. The molecule has 0 amide bonds. The SMILES string of the molecule is CN(CCc1ccccn1)[C@H]1CCCN(S(=O)(=O)c2cccc3cccnc23)C1. The highest BCUT2D eigenvalue weighted by atomic mass is 32.2. The minimum atomic E-state index is -3.59. The van der Waals surface area contributed by atoms with Gasteiger partial charge in [-0.3, -0.25) is 9.97 Å². The van der Waals surface area contributed by atoms with Crippen LogP contribution < -0.4 is 0 Å². The van der Waals surface area contributed by atoms with Crippen molar-refractivity contribution >= 4 is 20.9 Å². The maximum absolute atomic E-state index is 13.4. The summed E-state index contributed by atoms with van der Waals surface area (Å²) in [4.78, 5) is 11.3. The standard InChI is InChI=1S/C22H26N4O2S/c1-25(16-12-19-9-2-3-13-23-19)20-10-6-15-26(17-20)29(27,28)21-11-4-7-18-8-5-14-24-22(18)21/h2-5,7-9,11,13-14,20H,6,10,12,15-17H2,1H3/t20-/m0/s1. The van der Waals surface area contributed by atoms with E-state index in [2.05, 4.69) is 21.9 Å². The molecule has 1 aliphatic heterocycles. The number of piperidine rings is 1. The zero-order valence-electron chi connectivity index (χ0n) is 16.6. The fourth-order valence-corrected chi connectivity index (χ4v) is 5.62. The molecule has 0 unspecified atom stereocenters. The molecule has 1 aliphatic rings. The number of rotatable bonds is 6. The van der Waals surface area contributed by atoms with Crippen molar-refractivity contribution in [2.24, 2.45) is 0 Å². The van der Waals surface area contributed by atoms with E-state index < -0.39 is 10.0 Å². The summed E-state index contributed by atoms with van der Waals surface area (Å²) >= 11 is 0. The topological polar surface area (TPSA) is 66.4 Å². The highest BCUT2D eigenvalue weighted by Crippen LogP contribution is 2.27. The molecular formula is C22H26N4O2S. The Bertz CT molecular complexity index is 1070. The third-order valence-electron chi connectivity index (χ3n) is 5.64. The molecule has 0 saturated carbocycles. The third-order valence-corrected chi connectivity index (χ3v) is 7.54. The van der Waals surface area contributed by atoms with Crippen LogP contribution in [0.3, 0.4) is 0 Å². The Balaban J connectivity index is 1.50. The van der Waals surface area contributed by atoms with E-state index in [1.807, 2.05) is 42.6 Å². The van der Waals surface area contributed by atoms with E-state index in [9.17, 15) is 8.42 Å². The highest BCUT2D eigenvalue weighted by Gasteiger charge is 2.33.